The molecule has 0 saturated carbocycles. The van der Waals surface area contributed by atoms with Crippen molar-refractivity contribution in [1.82, 2.24) is 5.32 Å². The first kappa shape index (κ1) is 30.9. The van der Waals surface area contributed by atoms with E-state index in [-0.39, 0.29) is 35.5 Å². The van der Waals surface area contributed by atoms with E-state index in [1.807, 2.05) is 24.3 Å². The van der Waals surface area contributed by atoms with Crippen LogP contribution in [0.2, 0.25) is 0 Å². The van der Waals surface area contributed by atoms with E-state index in [0.717, 1.165) is 36.8 Å². The molecular formula is C31H44N2O5. The number of anilines is 1. The summed E-state index contributed by atoms with van der Waals surface area (Å²) in [6, 6.07) is 10.9. The fraction of sp³-hybridized carbons (Fsp3) is 0.516. The van der Waals surface area contributed by atoms with Crippen molar-refractivity contribution in [1.29, 1.82) is 0 Å². The van der Waals surface area contributed by atoms with E-state index in [1.54, 1.807) is 40.2 Å². The summed E-state index contributed by atoms with van der Waals surface area (Å²) in [4.78, 5) is 38.2. The van der Waals surface area contributed by atoms with Gasteiger partial charge >= 0.3 is 0 Å². The highest BCUT2D eigenvalue weighted by Gasteiger charge is 2.24. The topological polar surface area (TPSA) is 93.7 Å². The molecule has 7 heteroatoms. The smallest absolute Gasteiger partial charge is 0.257 e. The number of rotatable bonds is 12. The molecule has 3 amide bonds. The minimum absolute atomic E-state index is 0.0457. The van der Waals surface area contributed by atoms with Gasteiger partial charge in [-0.3, -0.25) is 19.7 Å². The Morgan fingerprint density at radius 2 is 1.66 bits per heavy atom. The molecule has 0 heterocycles. The van der Waals surface area contributed by atoms with E-state index in [1.165, 1.54) is 0 Å². The van der Waals surface area contributed by atoms with Gasteiger partial charge in [0.2, 0.25) is 11.8 Å². The van der Waals surface area contributed by atoms with Gasteiger partial charge in [-0.15, -0.1) is 0 Å². The third kappa shape index (κ3) is 8.61. The number of ether oxygens (including phenoxy) is 2. The summed E-state index contributed by atoms with van der Waals surface area (Å²) in [6.45, 7) is 11.8. The molecule has 2 aromatic rings. The highest BCUT2D eigenvalue weighted by atomic mass is 16.5. The fourth-order valence-corrected chi connectivity index (χ4v) is 4.36. The second-order valence-corrected chi connectivity index (χ2v) is 11.0. The fourth-order valence-electron chi connectivity index (χ4n) is 4.36. The van der Waals surface area contributed by atoms with Crippen molar-refractivity contribution in [3.05, 3.63) is 53.1 Å². The second-order valence-electron chi connectivity index (χ2n) is 11.0. The van der Waals surface area contributed by atoms with Crippen molar-refractivity contribution < 1.29 is 23.9 Å². The summed E-state index contributed by atoms with van der Waals surface area (Å²) in [5.41, 5.74) is 2.49. The van der Waals surface area contributed by atoms with Crippen LogP contribution < -0.4 is 20.1 Å². The van der Waals surface area contributed by atoms with Gasteiger partial charge in [0.05, 0.1) is 14.2 Å². The Kier molecular flexibility index (Phi) is 11.4. The largest absolute Gasteiger partial charge is 0.497 e. The summed E-state index contributed by atoms with van der Waals surface area (Å²) < 4.78 is 11.0. The summed E-state index contributed by atoms with van der Waals surface area (Å²) >= 11 is 0. The minimum atomic E-state index is -0.486. The zero-order valence-electron chi connectivity index (χ0n) is 24.2. The first-order chi connectivity index (χ1) is 17.9. The van der Waals surface area contributed by atoms with Crippen LogP contribution in [0.3, 0.4) is 0 Å². The molecule has 0 aliphatic heterocycles. The highest BCUT2D eigenvalue weighted by molar-refractivity contribution is 6.06. The lowest BCUT2D eigenvalue weighted by molar-refractivity contribution is -0.123. The Hall–Kier alpha value is -3.35. The lowest BCUT2D eigenvalue weighted by Crippen LogP contribution is -2.33. The Morgan fingerprint density at radius 3 is 2.24 bits per heavy atom. The Labute approximate surface area is 227 Å². The van der Waals surface area contributed by atoms with E-state index < -0.39 is 5.91 Å². The third-order valence-corrected chi connectivity index (χ3v) is 6.59. The maximum absolute atomic E-state index is 13.4. The monoisotopic (exact) mass is 524 g/mol. The lowest BCUT2D eigenvalue weighted by atomic mass is 9.84. The lowest BCUT2D eigenvalue weighted by Gasteiger charge is -2.25. The number of carbonyl (C=O) groups is 3. The number of amides is 3. The molecule has 1 unspecified atom stereocenters. The van der Waals surface area contributed by atoms with Crippen molar-refractivity contribution in [2.24, 2.45) is 5.92 Å². The van der Waals surface area contributed by atoms with Gasteiger partial charge in [0.1, 0.15) is 11.5 Å². The number of hydrogen-bond donors (Lipinski definition) is 2. The molecule has 2 N–H and O–H groups in total. The average molecular weight is 525 g/mol. The van der Waals surface area contributed by atoms with Gasteiger partial charge in [0, 0.05) is 29.7 Å². The molecular weight excluding hydrogens is 480 g/mol. The molecule has 2 rings (SSSR count). The van der Waals surface area contributed by atoms with Crippen LogP contribution in [0.15, 0.2) is 36.4 Å². The summed E-state index contributed by atoms with van der Waals surface area (Å²) in [5.74, 6) is 0.0579. The van der Waals surface area contributed by atoms with Crippen LogP contribution in [-0.4, -0.2) is 31.9 Å². The maximum Gasteiger partial charge on any atom is 0.257 e. The van der Waals surface area contributed by atoms with Crippen molar-refractivity contribution in [3.63, 3.8) is 0 Å². The molecule has 0 saturated heterocycles. The van der Waals surface area contributed by atoms with Crippen LogP contribution in [0.1, 0.15) is 101 Å². The van der Waals surface area contributed by atoms with Gasteiger partial charge in [-0.25, -0.2) is 0 Å². The predicted molar refractivity (Wildman–Crippen MR) is 152 cm³/mol. The highest BCUT2D eigenvalue weighted by Crippen LogP contribution is 2.36. The van der Waals surface area contributed by atoms with Crippen LogP contribution in [0, 0.1) is 5.92 Å². The zero-order chi connectivity index (χ0) is 28.5. The van der Waals surface area contributed by atoms with Crippen molar-refractivity contribution >= 4 is 23.4 Å². The molecule has 7 nitrogen and oxygen atoms in total. The first-order valence-electron chi connectivity index (χ1n) is 13.4. The van der Waals surface area contributed by atoms with Crippen LogP contribution in [-0.2, 0) is 15.0 Å². The Bertz CT molecular complexity index is 1120. The number of carbonyl (C=O) groups excluding carboxylic acids is 3. The molecule has 0 radical (unpaired) electrons. The number of nitrogens with one attached hydrogen (secondary N) is 2. The minimum Gasteiger partial charge on any atom is -0.497 e. The Morgan fingerprint density at radius 1 is 0.947 bits per heavy atom. The van der Waals surface area contributed by atoms with E-state index in [9.17, 15) is 14.4 Å². The number of imide groups is 1. The van der Waals surface area contributed by atoms with Gasteiger partial charge in [-0.05, 0) is 47.1 Å². The van der Waals surface area contributed by atoms with Gasteiger partial charge in [0.25, 0.3) is 5.91 Å². The van der Waals surface area contributed by atoms with Crippen molar-refractivity contribution in [3.8, 4) is 11.5 Å². The third-order valence-electron chi connectivity index (χ3n) is 6.59. The molecule has 0 aliphatic carbocycles. The zero-order valence-corrected chi connectivity index (χ0v) is 24.2. The quantitative estimate of drug-likeness (QED) is 0.305. The number of methoxy groups -OCH3 is 2. The molecule has 0 fully saturated rings. The van der Waals surface area contributed by atoms with Crippen LogP contribution in [0.25, 0.3) is 0 Å². The van der Waals surface area contributed by atoms with Gasteiger partial charge in [-0.1, -0.05) is 72.9 Å². The van der Waals surface area contributed by atoms with Crippen LogP contribution in [0.4, 0.5) is 5.69 Å². The standard InChI is InChI=1S/C31H44N2O5/c1-9-10-11-12-21(24-15-14-23(37-7)19-27(24)38-8)18-28(34)32-26-17-22(13-16-25(26)31(4,5)6)30(36)33-29(35)20(2)3/h13-17,19-21H,9-12,18H2,1-8H3,(H,32,34)(H,33,35,36). The van der Waals surface area contributed by atoms with Crippen molar-refractivity contribution in [2.75, 3.05) is 19.5 Å². The van der Waals surface area contributed by atoms with E-state index in [0.29, 0.717) is 22.7 Å². The second kappa shape index (κ2) is 14.0. The Balaban J connectivity index is 2.36. The molecule has 208 valence electrons. The summed E-state index contributed by atoms with van der Waals surface area (Å²) in [5, 5.41) is 5.49. The van der Waals surface area contributed by atoms with Crippen molar-refractivity contribution in [2.45, 2.75) is 85.0 Å². The molecule has 38 heavy (non-hydrogen) atoms. The SMILES string of the molecule is CCCCCC(CC(=O)Nc1cc(C(=O)NC(=O)C(C)C)ccc1C(C)(C)C)c1ccc(OC)cc1OC. The number of hydrogen-bond acceptors (Lipinski definition) is 5. The van der Waals surface area contributed by atoms with E-state index >= 15 is 0 Å². The van der Waals surface area contributed by atoms with Gasteiger partial charge in [0.15, 0.2) is 0 Å². The molecule has 2 aromatic carbocycles. The summed E-state index contributed by atoms with van der Waals surface area (Å²) in [6.07, 6.45) is 4.27. The van der Waals surface area contributed by atoms with Crippen LogP contribution >= 0.6 is 0 Å². The van der Waals surface area contributed by atoms with Crippen LogP contribution in [0.5, 0.6) is 11.5 Å². The molecule has 0 bridgehead atoms. The molecule has 0 spiro atoms. The predicted octanol–water partition coefficient (Wildman–Crippen LogP) is 6.61. The average Bonchev–Trinajstić information content (AvgIpc) is 2.86. The first-order valence-corrected chi connectivity index (χ1v) is 13.4. The molecule has 0 aliphatic rings. The number of benzene rings is 2. The maximum atomic E-state index is 13.4. The normalized spacial score (nSPS) is 12.1. The summed E-state index contributed by atoms with van der Waals surface area (Å²) in [7, 11) is 3.23. The van der Waals surface area contributed by atoms with E-state index in [2.05, 4.69) is 38.3 Å². The number of unbranched alkanes of at least 4 members (excludes halogenated alkanes) is 2. The molecule has 0 aromatic heterocycles. The molecule has 1 atom stereocenters. The van der Waals surface area contributed by atoms with Gasteiger partial charge in [-0.2, -0.15) is 0 Å². The van der Waals surface area contributed by atoms with E-state index in [4.69, 9.17) is 9.47 Å². The van der Waals surface area contributed by atoms with Gasteiger partial charge < -0.3 is 14.8 Å².